The van der Waals surface area contributed by atoms with E-state index in [1.54, 1.807) is 6.20 Å². The monoisotopic (exact) mass is 437 g/mol. The minimum absolute atomic E-state index is 0.0427. The van der Waals surface area contributed by atoms with Gasteiger partial charge in [-0.15, -0.1) is 0 Å². The van der Waals surface area contributed by atoms with Crippen molar-refractivity contribution in [1.29, 1.82) is 0 Å². The summed E-state index contributed by atoms with van der Waals surface area (Å²) in [6, 6.07) is 12.6. The second-order valence-corrected chi connectivity index (χ2v) is 6.88. The van der Waals surface area contributed by atoms with Crippen LogP contribution in [0.1, 0.15) is 21.5 Å². The first-order valence-electron chi connectivity index (χ1n) is 7.97. The number of rotatable bonds is 4. The number of carbonyl (C=O) groups is 1. The summed E-state index contributed by atoms with van der Waals surface area (Å²) in [4.78, 5) is 13.8. The normalized spacial score (nSPS) is 11.4. The van der Waals surface area contributed by atoms with Gasteiger partial charge < -0.3 is 4.90 Å². The average Bonchev–Trinajstić information content (AvgIpc) is 3.11. The summed E-state index contributed by atoms with van der Waals surface area (Å²) in [7, 11) is 1.46. The molecule has 27 heavy (non-hydrogen) atoms. The Morgan fingerprint density at radius 2 is 1.81 bits per heavy atom. The molecule has 8 heteroatoms. The first-order valence-corrected chi connectivity index (χ1v) is 8.76. The van der Waals surface area contributed by atoms with Gasteiger partial charge in [-0.05, 0) is 35.9 Å². The predicted octanol–water partition coefficient (Wildman–Crippen LogP) is 4.93. The lowest BCUT2D eigenvalue weighted by molar-refractivity contribution is -0.138. The van der Waals surface area contributed by atoms with E-state index in [1.807, 2.05) is 24.3 Å². The summed E-state index contributed by atoms with van der Waals surface area (Å²) in [5.41, 5.74) is 0.364. The first-order chi connectivity index (χ1) is 12.8. The Labute approximate surface area is 162 Å². The van der Waals surface area contributed by atoms with Gasteiger partial charge in [-0.1, -0.05) is 34.1 Å². The topological polar surface area (TPSA) is 38.1 Å². The van der Waals surface area contributed by atoms with Gasteiger partial charge in [0, 0.05) is 24.3 Å². The number of nitrogens with zero attached hydrogens (tertiary/aromatic N) is 3. The molecule has 140 valence electrons. The molecule has 1 heterocycles. The fraction of sp³-hybridized carbons (Fsp3) is 0.158. The lowest BCUT2D eigenvalue weighted by atomic mass is 10.1. The summed E-state index contributed by atoms with van der Waals surface area (Å²) in [6.07, 6.45) is -1.51. The maximum Gasteiger partial charge on any atom is 0.416 e. The Hall–Kier alpha value is -2.61. The van der Waals surface area contributed by atoms with Crippen LogP contribution in [0.4, 0.5) is 13.2 Å². The Balaban J connectivity index is 1.78. The van der Waals surface area contributed by atoms with Crippen LogP contribution in [0, 0.1) is 0 Å². The molecular formula is C19H15BrF3N3O. The summed E-state index contributed by atoms with van der Waals surface area (Å²) >= 11 is 3.35. The van der Waals surface area contributed by atoms with E-state index in [2.05, 4.69) is 21.0 Å². The van der Waals surface area contributed by atoms with Gasteiger partial charge in [-0.2, -0.15) is 18.3 Å². The number of alkyl halides is 3. The molecule has 0 saturated heterocycles. The largest absolute Gasteiger partial charge is 0.416 e. The molecule has 0 aliphatic heterocycles. The van der Waals surface area contributed by atoms with E-state index >= 15 is 0 Å². The van der Waals surface area contributed by atoms with Gasteiger partial charge in [0.2, 0.25) is 0 Å². The van der Waals surface area contributed by atoms with Crippen molar-refractivity contribution in [3.8, 4) is 5.69 Å². The number of carbonyl (C=O) groups excluding carboxylic acids is 1. The molecule has 2 aromatic carbocycles. The number of halogens is 4. The van der Waals surface area contributed by atoms with Crippen LogP contribution in [-0.2, 0) is 12.7 Å². The van der Waals surface area contributed by atoms with Crippen molar-refractivity contribution in [3.05, 3.63) is 82.1 Å². The van der Waals surface area contributed by atoms with Gasteiger partial charge in [0.1, 0.15) is 0 Å². The van der Waals surface area contributed by atoms with Crippen molar-refractivity contribution >= 4 is 21.8 Å². The Bertz CT molecular complexity index is 951. The smallest absolute Gasteiger partial charge is 0.337 e. The van der Waals surface area contributed by atoms with E-state index in [9.17, 15) is 18.0 Å². The molecule has 1 amide bonds. The molecule has 1 aromatic heterocycles. The zero-order valence-corrected chi connectivity index (χ0v) is 15.8. The summed E-state index contributed by atoms with van der Waals surface area (Å²) in [5.74, 6) is -0.407. The highest BCUT2D eigenvalue weighted by molar-refractivity contribution is 9.10. The van der Waals surface area contributed by atoms with Crippen LogP contribution in [0.25, 0.3) is 5.69 Å². The Morgan fingerprint density at radius 1 is 1.15 bits per heavy atom. The van der Waals surface area contributed by atoms with Gasteiger partial charge in [0.25, 0.3) is 5.91 Å². The van der Waals surface area contributed by atoms with E-state index < -0.39 is 17.6 Å². The lowest BCUT2D eigenvalue weighted by Crippen LogP contribution is -2.27. The molecule has 0 spiro atoms. The quantitative estimate of drug-likeness (QED) is 0.580. The van der Waals surface area contributed by atoms with Crippen LogP contribution in [0.15, 0.2) is 65.4 Å². The van der Waals surface area contributed by atoms with E-state index in [0.29, 0.717) is 5.56 Å². The molecule has 0 saturated carbocycles. The Kier molecular flexibility index (Phi) is 5.36. The Morgan fingerprint density at radius 3 is 2.48 bits per heavy atom. The van der Waals surface area contributed by atoms with Gasteiger partial charge in [-0.3, -0.25) is 4.79 Å². The van der Waals surface area contributed by atoms with Gasteiger partial charge in [0.05, 0.1) is 23.0 Å². The molecule has 0 bridgehead atoms. The summed E-state index contributed by atoms with van der Waals surface area (Å²) in [6.45, 7) is -0.155. The molecule has 0 atom stereocenters. The molecular weight excluding hydrogens is 423 g/mol. The molecule has 4 nitrogen and oxygen atoms in total. The van der Waals surface area contributed by atoms with Crippen molar-refractivity contribution in [3.63, 3.8) is 0 Å². The van der Waals surface area contributed by atoms with E-state index in [1.165, 1.54) is 41.0 Å². The molecule has 0 aliphatic carbocycles. The first kappa shape index (κ1) is 19.2. The van der Waals surface area contributed by atoms with Crippen LogP contribution in [0.2, 0.25) is 0 Å². The highest BCUT2D eigenvalue weighted by Crippen LogP contribution is 2.32. The SMILES string of the molecule is CN(Cc1ccccc1C(F)(F)F)C(=O)c1cnn(-c2ccc(Br)cc2)c1. The zero-order valence-electron chi connectivity index (χ0n) is 14.2. The fourth-order valence-electron chi connectivity index (χ4n) is 2.65. The fourth-order valence-corrected chi connectivity index (χ4v) is 2.92. The average molecular weight is 438 g/mol. The number of hydrogen-bond donors (Lipinski definition) is 0. The third kappa shape index (κ3) is 4.39. The van der Waals surface area contributed by atoms with Crippen molar-refractivity contribution in [2.45, 2.75) is 12.7 Å². The molecule has 3 rings (SSSR count). The number of hydrogen-bond acceptors (Lipinski definition) is 2. The van der Waals surface area contributed by atoms with Gasteiger partial charge in [-0.25, -0.2) is 4.68 Å². The van der Waals surface area contributed by atoms with Crippen molar-refractivity contribution in [2.75, 3.05) is 7.05 Å². The predicted molar refractivity (Wildman–Crippen MR) is 98.5 cm³/mol. The minimum atomic E-state index is -4.47. The molecule has 0 fully saturated rings. The molecule has 0 N–H and O–H groups in total. The third-order valence-electron chi connectivity index (χ3n) is 4.00. The summed E-state index contributed by atoms with van der Waals surface area (Å²) < 4.78 is 41.8. The van der Waals surface area contributed by atoms with Gasteiger partial charge >= 0.3 is 6.18 Å². The highest BCUT2D eigenvalue weighted by Gasteiger charge is 2.33. The van der Waals surface area contributed by atoms with Gasteiger partial charge in [0.15, 0.2) is 0 Å². The zero-order chi connectivity index (χ0) is 19.6. The van der Waals surface area contributed by atoms with Crippen molar-refractivity contribution < 1.29 is 18.0 Å². The highest BCUT2D eigenvalue weighted by atomic mass is 79.9. The second kappa shape index (κ2) is 7.56. The van der Waals surface area contributed by atoms with Crippen LogP contribution in [-0.4, -0.2) is 27.6 Å². The maximum absolute atomic E-state index is 13.1. The van der Waals surface area contributed by atoms with E-state index in [-0.39, 0.29) is 12.1 Å². The lowest BCUT2D eigenvalue weighted by Gasteiger charge is -2.19. The summed E-state index contributed by atoms with van der Waals surface area (Å²) in [5, 5.41) is 4.16. The standard InChI is InChI=1S/C19H15BrF3N3O/c1-25(11-13-4-2-3-5-17(13)19(21,22)23)18(27)14-10-24-26(12-14)16-8-6-15(20)7-9-16/h2-10,12H,11H2,1H3. The van der Waals surface area contributed by atoms with Crippen LogP contribution in [0.3, 0.4) is 0 Å². The minimum Gasteiger partial charge on any atom is -0.337 e. The second-order valence-electron chi connectivity index (χ2n) is 5.97. The van der Waals surface area contributed by atoms with E-state index in [4.69, 9.17) is 0 Å². The van der Waals surface area contributed by atoms with Crippen LogP contribution < -0.4 is 0 Å². The molecule has 0 radical (unpaired) electrons. The maximum atomic E-state index is 13.1. The molecule has 3 aromatic rings. The number of aromatic nitrogens is 2. The number of amides is 1. The van der Waals surface area contributed by atoms with Crippen LogP contribution >= 0.6 is 15.9 Å². The number of benzene rings is 2. The molecule has 0 unspecified atom stereocenters. The third-order valence-corrected chi connectivity index (χ3v) is 4.53. The van der Waals surface area contributed by atoms with Crippen LogP contribution in [0.5, 0.6) is 0 Å². The van der Waals surface area contributed by atoms with Crippen molar-refractivity contribution in [1.82, 2.24) is 14.7 Å². The van der Waals surface area contributed by atoms with E-state index in [0.717, 1.165) is 16.2 Å². The molecule has 0 aliphatic rings. The van der Waals surface area contributed by atoms with Crippen molar-refractivity contribution in [2.24, 2.45) is 0 Å².